The zero-order valence-electron chi connectivity index (χ0n) is 11.8. The van der Waals surface area contributed by atoms with Crippen molar-refractivity contribution in [1.29, 1.82) is 0 Å². The van der Waals surface area contributed by atoms with Crippen molar-refractivity contribution >= 4 is 17.2 Å². The van der Waals surface area contributed by atoms with Gasteiger partial charge in [-0.25, -0.2) is 4.98 Å². The molecule has 0 spiro atoms. The Labute approximate surface area is 124 Å². The molecule has 4 heteroatoms. The summed E-state index contributed by atoms with van der Waals surface area (Å²) in [5, 5.41) is 6.37. The quantitative estimate of drug-likeness (QED) is 0.901. The number of carbonyl (C=O) groups is 1. The van der Waals surface area contributed by atoms with Crippen LogP contribution >= 0.6 is 11.3 Å². The Balaban J connectivity index is 1.36. The normalized spacial score (nSPS) is 33.3. The molecular weight excluding hydrogens is 268 g/mol. The Kier molecular flexibility index (Phi) is 3.29. The summed E-state index contributed by atoms with van der Waals surface area (Å²) in [7, 11) is 0. The zero-order chi connectivity index (χ0) is 13.5. The molecule has 3 aliphatic carbocycles. The van der Waals surface area contributed by atoms with Gasteiger partial charge in [0.15, 0.2) is 0 Å². The lowest BCUT2D eigenvalue weighted by molar-refractivity contribution is -0.123. The molecule has 0 radical (unpaired) electrons. The summed E-state index contributed by atoms with van der Waals surface area (Å²) in [6.45, 7) is 0. The maximum atomic E-state index is 12.4. The molecule has 1 amide bonds. The SMILES string of the molecule is O=C(CC1CC2CCC1C2)NC(c1nccs1)C1CC1. The van der Waals surface area contributed by atoms with Crippen LogP contribution in [0.3, 0.4) is 0 Å². The molecule has 3 nitrogen and oxygen atoms in total. The second kappa shape index (κ2) is 5.14. The number of nitrogens with one attached hydrogen (secondary N) is 1. The largest absolute Gasteiger partial charge is 0.347 e. The Bertz CT molecular complexity index is 483. The monoisotopic (exact) mass is 290 g/mol. The van der Waals surface area contributed by atoms with Gasteiger partial charge in [0.05, 0.1) is 6.04 Å². The van der Waals surface area contributed by atoms with E-state index in [4.69, 9.17) is 0 Å². The number of fused-ring (bicyclic) bond motifs is 2. The molecule has 4 rings (SSSR count). The van der Waals surface area contributed by atoms with Crippen molar-refractivity contribution in [2.45, 2.75) is 51.0 Å². The molecule has 108 valence electrons. The maximum absolute atomic E-state index is 12.4. The van der Waals surface area contributed by atoms with E-state index in [1.165, 1.54) is 38.5 Å². The Morgan fingerprint density at radius 3 is 2.85 bits per heavy atom. The smallest absolute Gasteiger partial charge is 0.220 e. The summed E-state index contributed by atoms with van der Waals surface area (Å²) >= 11 is 1.67. The number of aromatic nitrogens is 1. The summed E-state index contributed by atoms with van der Waals surface area (Å²) in [6.07, 6.45) is 10.5. The molecule has 1 aromatic rings. The van der Waals surface area contributed by atoms with Crippen LogP contribution < -0.4 is 5.32 Å². The van der Waals surface area contributed by atoms with Gasteiger partial charge in [-0.1, -0.05) is 6.42 Å². The van der Waals surface area contributed by atoms with E-state index in [9.17, 15) is 4.79 Å². The first-order valence-corrected chi connectivity index (χ1v) is 8.86. The number of amides is 1. The van der Waals surface area contributed by atoms with Crippen LogP contribution in [0, 0.1) is 23.7 Å². The van der Waals surface area contributed by atoms with Gasteiger partial charge in [-0.3, -0.25) is 4.79 Å². The first kappa shape index (κ1) is 12.8. The summed E-state index contributed by atoms with van der Waals surface area (Å²) < 4.78 is 0. The lowest BCUT2D eigenvalue weighted by atomic mass is 9.86. The number of hydrogen-bond acceptors (Lipinski definition) is 3. The van der Waals surface area contributed by atoms with Crippen LogP contribution in [0.1, 0.15) is 56.0 Å². The van der Waals surface area contributed by atoms with E-state index in [2.05, 4.69) is 10.3 Å². The molecule has 0 saturated heterocycles. The molecule has 3 aliphatic rings. The van der Waals surface area contributed by atoms with E-state index in [1.807, 2.05) is 11.6 Å². The maximum Gasteiger partial charge on any atom is 0.220 e. The molecule has 4 unspecified atom stereocenters. The summed E-state index contributed by atoms with van der Waals surface area (Å²) in [5.41, 5.74) is 0. The third-order valence-electron chi connectivity index (χ3n) is 5.46. The first-order valence-electron chi connectivity index (χ1n) is 7.98. The third-order valence-corrected chi connectivity index (χ3v) is 6.32. The summed E-state index contributed by atoms with van der Waals surface area (Å²) in [4.78, 5) is 16.8. The van der Waals surface area contributed by atoms with Crippen molar-refractivity contribution in [2.24, 2.45) is 23.7 Å². The van der Waals surface area contributed by atoms with Gasteiger partial charge in [0.1, 0.15) is 5.01 Å². The predicted molar refractivity (Wildman–Crippen MR) is 79.3 cm³/mol. The van der Waals surface area contributed by atoms with Crippen LogP contribution in [-0.4, -0.2) is 10.9 Å². The number of rotatable bonds is 5. The van der Waals surface area contributed by atoms with Crippen molar-refractivity contribution in [3.05, 3.63) is 16.6 Å². The predicted octanol–water partition coefficient (Wildman–Crippen LogP) is 3.54. The molecule has 0 aromatic carbocycles. The van der Waals surface area contributed by atoms with E-state index < -0.39 is 0 Å². The van der Waals surface area contributed by atoms with Crippen LogP contribution in [0.15, 0.2) is 11.6 Å². The van der Waals surface area contributed by atoms with Crippen molar-refractivity contribution in [1.82, 2.24) is 10.3 Å². The van der Waals surface area contributed by atoms with Crippen molar-refractivity contribution < 1.29 is 4.79 Å². The molecular formula is C16H22N2OS. The topological polar surface area (TPSA) is 42.0 Å². The molecule has 20 heavy (non-hydrogen) atoms. The highest BCUT2D eigenvalue weighted by atomic mass is 32.1. The van der Waals surface area contributed by atoms with Crippen LogP contribution in [-0.2, 0) is 4.79 Å². The van der Waals surface area contributed by atoms with Crippen molar-refractivity contribution in [3.63, 3.8) is 0 Å². The standard InChI is InChI=1S/C16H22N2OS/c19-14(9-13-8-10-1-2-12(13)7-10)18-15(11-3-4-11)16-17-5-6-20-16/h5-6,10-13,15H,1-4,7-9H2,(H,18,19). The highest BCUT2D eigenvalue weighted by molar-refractivity contribution is 7.09. The van der Waals surface area contributed by atoms with Gasteiger partial charge in [-0.15, -0.1) is 11.3 Å². The van der Waals surface area contributed by atoms with Crippen LogP contribution in [0.2, 0.25) is 0 Å². The Morgan fingerprint density at radius 2 is 2.25 bits per heavy atom. The van der Waals surface area contributed by atoms with E-state index in [1.54, 1.807) is 11.3 Å². The van der Waals surface area contributed by atoms with Gasteiger partial charge >= 0.3 is 0 Å². The van der Waals surface area contributed by atoms with Crippen molar-refractivity contribution in [3.8, 4) is 0 Å². The Hall–Kier alpha value is -0.900. The molecule has 1 heterocycles. The Morgan fingerprint density at radius 1 is 1.35 bits per heavy atom. The van der Waals surface area contributed by atoms with E-state index in [0.29, 0.717) is 11.8 Å². The number of thiazole rings is 1. The second-order valence-electron chi connectivity index (χ2n) is 6.89. The van der Waals surface area contributed by atoms with Crippen molar-refractivity contribution in [2.75, 3.05) is 0 Å². The minimum Gasteiger partial charge on any atom is -0.347 e. The van der Waals surface area contributed by atoms with Gasteiger partial charge < -0.3 is 5.32 Å². The second-order valence-corrected chi connectivity index (χ2v) is 7.82. The van der Waals surface area contributed by atoms with Crippen LogP contribution in [0.4, 0.5) is 0 Å². The third kappa shape index (κ3) is 2.50. The molecule has 2 bridgehead atoms. The highest BCUT2D eigenvalue weighted by Crippen LogP contribution is 2.49. The zero-order valence-corrected chi connectivity index (χ0v) is 12.6. The van der Waals surface area contributed by atoms with Gasteiger partial charge in [-0.2, -0.15) is 0 Å². The number of nitrogens with zero attached hydrogens (tertiary/aromatic N) is 1. The van der Waals surface area contributed by atoms with Crippen LogP contribution in [0.25, 0.3) is 0 Å². The average molecular weight is 290 g/mol. The summed E-state index contributed by atoms with van der Waals surface area (Å²) in [5.74, 6) is 3.31. The molecule has 4 atom stereocenters. The lowest BCUT2D eigenvalue weighted by Gasteiger charge is -2.22. The van der Waals surface area contributed by atoms with Gasteiger partial charge in [0, 0.05) is 18.0 Å². The lowest BCUT2D eigenvalue weighted by Crippen LogP contribution is -2.32. The number of carbonyl (C=O) groups excluding carboxylic acids is 1. The van der Waals surface area contributed by atoms with E-state index in [-0.39, 0.29) is 11.9 Å². The van der Waals surface area contributed by atoms with Crippen LogP contribution in [0.5, 0.6) is 0 Å². The highest BCUT2D eigenvalue weighted by Gasteiger charge is 2.41. The van der Waals surface area contributed by atoms with Gasteiger partial charge in [-0.05, 0) is 55.8 Å². The van der Waals surface area contributed by atoms with Gasteiger partial charge in [0.2, 0.25) is 5.91 Å². The molecule has 3 saturated carbocycles. The van der Waals surface area contributed by atoms with Gasteiger partial charge in [0.25, 0.3) is 0 Å². The minimum absolute atomic E-state index is 0.182. The van der Waals surface area contributed by atoms with E-state index >= 15 is 0 Å². The summed E-state index contributed by atoms with van der Waals surface area (Å²) in [6, 6.07) is 0.182. The minimum atomic E-state index is 0.182. The molecule has 0 aliphatic heterocycles. The van der Waals surface area contributed by atoms with E-state index in [0.717, 1.165) is 23.3 Å². The fourth-order valence-corrected chi connectivity index (χ4v) is 5.08. The molecule has 1 N–H and O–H groups in total. The number of hydrogen-bond donors (Lipinski definition) is 1. The average Bonchev–Trinajstić information content (AvgIpc) is 2.88. The first-order chi connectivity index (χ1) is 9.79. The fraction of sp³-hybridized carbons (Fsp3) is 0.750. The fourth-order valence-electron chi connectivity index (χ4n) is 4.30. The molecule has 1 aromatic heterocycles. The molecule has 3 fully saturated rings.